The Hall–Kier alpha value is -5.64. The minimum atomic E-state index is 0.0482. The minimum absolute atomic E-state index is 0.0482. The SMILES string of the molecule is Oc1ccc(N=Nc2ccccc2)cc1/C=N\Nc1nc(=Nc2ccccc2)[nH]c(=Nc2ccccc2)[nH]1. The lowest BCUT2D eigenvalue weighted by Crippen LogP contribution is -2.28. The number of nitrogens with zero attached hydrogens (tertiary/aromatic N) is 6. The van der Waals surface area contributed by atoms with Crippen LogP contribution in [-0.4, -0.2) is 26.3 Å². The van der Waals surface area contributed by atoms with Crippen LogP contribution >= 0.6 is 0 Å². The molecule has 0 unspecified atom stereocenters. The van der Waals surface area contributed by atoms with E-state index in [0.29, 0.717) is 28.4 Å². The van der Waals surface area contributed by atoms with Crippen molar-refractivity contribution in [1.82, 2.24) is 15.0 Å². The molecule has 5 aromatic rings. The van der Waals surface area contributed by atoms with Gasteiger partial charge >= 0.3 is 0 Å². The Morgan fingerprint density at radius 3 is 1.95 bits per heavy atom. The number of para-hydroxylation sites is 2. The van der Waals surface area contributed by atoms with Gasteiger partial charge in [-0.15, -0.1) is 0 Å². The summed E-state index contributed by atoms with van der Waals surface area (Å²) in [7, 11) is 0. The van der Waals surface area contributed by atoms with E-state index in [1.165, 1.54) is 12.3 Å². The summed E-state index contributed by atoms with van der Waals surface area (Å²) in [5.41, 5.74) is 6.83. The number of phenolic OH excluding ortho intramolecular Hbond substituents is 1. The molecule has 0 saturated carbocycles. The number of anilines is 1. The predicted molar refractivity (Wildman–Crippen MR) is 146 cm³/mol. The smallest absolute Gasteiger partial charge is 0.233 e. The molecule has 1 heterocycles. The van der Waals surface area contributed by atoms with Crippen LogP contribution in [0.15, 0.2) is 135 Å². The van der Waals surface area contributed by atoms with Crippen molar-refractivity contribution in [2.75, 3.05) is 5.43 Å². The molecule has 10 heteroatoms. The molecule has 0 aliphatic heterocycles. The molecule has 0 spiro atoms. The highest BCUT2D eigenvalue weighted by Crippen LogP contribution is 2.24. The molecule has 0 aliphatic carbocycles. The molecule has 5 rings (SSSR count). The van der Waals surface area contributed by atoms with E-state index >= 15 is 0 Å². The first kappa shape index (κ1) is 24.1. The van der Waals surface area contributed by atoms with Crippen molar-refractivity contribution in [2.24, 2.45) is 25.3 Å². The molecule has 10 nitrogen and oxygen atoms in total. The van der Waals surface area contributed by atoms with Gasteiger partial charge in [-0.2, -0.15) is 20.3 Å². The van der Waals surface area contributed by atoms with Crippen molar-refractivity contribution in [2.45, 2.75) is 0 Å². The summed E-state index contributed by atoms with van der Waals surface area (Å²) in [6, 6.07) is 33.2. The number of aromatic amines is 2. The summed E-state index contributed by atoms with van der Waals surface area (Å²) in [6.07, 6.45) is 1.46. The normalized spacial score (nSPS) is 12.4. The Balaban J connectivity index is 1.42. The van der Waals surface area contributed by atoms with Crippen molar-refractivity contribution >= 4 is 34.9 Å². The van der Waals surface area contributed by atoms with Crippen LogP contribution in [0.5, 0.6) is 5.75 Å². The van der Waals surface area contributed by atoms with Gasteiger partial charge in [0.25, 0.3) is 0 Å². The number of aromatic hydroxyl groups is 1. The van der Waals surface area contributed by atoms with Crippen molar-refractivity contribution < 1.29 is 5.11 Å². The Bertz CT molecular complexity index is 1620. The van der Waals surface area contributed by atoms with Crippen LogP contribution in [0.3, 0.4) is 0 Å². The molecule has 0 aliphatic rings. The summed E-state index contributed by atoms with van der Waals surface area (Å²) in [5, 5.41) is 23.0. The predicted octanol–water partition coefficient (Wildman–Crippen LogP) is 5.77. The van der Waals surface area contributed by atoms with Gasteiger partial charge in [0, 0.05) is 5.56 Å². The first-order valence-corrected chi connectivity index (χ1v) is 11.7. The third-order valence-electron chi connectivity index (χ3n) is 5.10. The van der Waals surface area contributed by atoms with E-state index in [0.717, 1.165) is 17.1 Å². The monoisotopic (exact) mass is 501 g/mol. The van der Waals surface area contributed by atoms with Crippen LogP contribution in [0.25, 0.3) is 0 Å². The molecular formula is C28H23N9O. The Labute approximate surface area is 217 Å². The van der Waals surface area contributed by atoms with Gasteiger partial charge in [-0.25, -0.2) is 15.4 Å². The van der Waals surface area contributed by atoms with Crippen molar-refractivity contribution in [1.29, 1.82) is 0 Å². The number of nitrogens with one attached hydrogen (secondary N) is 3. The van der Waals surface area contributed by atoms with Crippen molar-refractivity contribution in [3.8, 4) is 5.75 Å². The van der Waals surface area contributed by atoms with Gasteiger partial charge in [-0.1, -0.05) is 54.6 Å². The van der Waals surface area contributed by atoms with Crippen molar-refractivity contribution in [3.63, 3.8) is 0 Å². The van der Waals surface area contributed by atoms with Crippen LogP contribution in [0, 0.1) is 0 Å². The number of hydrogen-bond donors (Lipinski definition) is 4. The number of hydrogen-bond acceptors (Lipinski definition) is 8. The quantitative estimate of drug-likeness (QED) is 0.128. The lowest BCUT2D eigenvalue weighted by atomic mass is 10.2. The second-order valence-corrected chi connectivity index (χ2v) is 7.93. The molecular weight excluding hydrogens is 478 g/mol. The zero-order chi connectivity index (χ0) is 26.0. The van der Waals surface area contributed by atoms with E-state index in [2.05, 4.69) is 45.7 Å². The molecule has 38 heavy (non-hydrogen) atoms. The highest BCUT2D eigenvalue weighted by Gasteiger charge is 2.02. The Kier molecular flexibility index (Phi) is 7.52. The highest BCUT2D eigenvalue weighted by atomic mass is 16.3. The van der Waals surface area contributed by atoms with Crippen LogP contribution in [-0.2, 0) is 0 Å². The third-order valence-corrected chi connectivity index (χ3v) is 5.10. The van der Waals surface area contributed by atoms with E-state index < -0.39 is 0 Å². The van der Waals surface area contributed by atoms with Gasteiger partial charge in [0.1, 0.15) is 5.75 Å². The largest absolute Gasteiger partial charge is 0.507 e. The van der Waals surface area contributed by atoms with Gasteiger partial charge in [0.05, 0.1) is 29.0 Å². The summed E-state index contributed by atoms with van der Waals surface area (Å²) in [6.45, 7) is 0. The number of phenols is 1. The first-order valence-electron chi connectivity index (χ1n) is 11.7. The van der Waals surface area contributed by atoms with Crippen LogP contribution in [0.4, 0.5) is 28.7 Å². The van der Waals surface area contributed by atoms with Crippen LogP contribution < -0.4 is 16.7 Å². The molecule has 0 bridgehead atoms. The molecule has 186 valence electrons. The lowest BCUT2D eigenvalue weighted by Gasteiger charge is -2.02. The fraction of sp³-hybridized carbons (Fsp3) is 0. The fourth-order valence-electron chi connectivity index (χ4n) is 3.31. The number of aromatic nitrogens is 3. The molecule has 1 aromatic heterocycles. The molecule has 0 saturated heterocycles. The summed E-state index contributed by atoms with van der Waals surface area (Å²) in [4.78, 5) is 19.7. The standard InChI is InChI=1S/C28H23N9O/c38-25-17-16-24(36-35-23-14-8-3-9-15-23)18-20(25)19-29-37-28-33-26(30-21-10-4-1-5-11-21)32-27(34-28)31-22-12-6-2-7-13-22/h1-19,38H,(H3,30,31,32,33,34,37)/b29-19-,36-35?. The van der Waals surface area contributed by atoms with E-state index in [-0.39, 0.29) is 5.75 Å². The Morgan fingerprint density at radius 2 is 1.26 bits per heavy atom. The molecule has 0 radical (unpaired) electrons. The van der Waals surface area contributed by atoms with Gasteiger partial charge in [0.2, 0.25) is 17.2 Å². The maximum absolute atomic E-state index is 10.3. The van der Waals surface area contributed by atoms with Gasteiger partial charge in [-0.05, 0) is 54.6 Å². The number of rotatable bonds is 7. The number of benzene rings is 4. The summed E-state index contributed by atoms with van der Waals surface area (Å²) in [5.74, 6) is 0.343. The van der Waals surface area contributed by atoms with Gasteiger partial charge in [0.15, 0.2) is 0 Å². The maximum atomic E-state index is 10.3. The second-order valence-electron chi connectivity index (χ2n) is 7.93. The molecule has 0 atom stereocenters. The van der Waals surface area contributed by atoms with Crippen molar-refractivity contribution in [3.05, 3.63) is 126 Å². The topological polar surface area (TPSA) is 139 Å². The number of azo groups is 1. The fourth-order valence-corrected chi connectivity index (χ4v) is 3.31. The van der Waals surface area contributed by atoms with Crippen LogP contribution in [0.1, 0.15) is 5.56 Å². The molecule has 4 aromatic carbocycles. The van der Waals surface area contributed by atoms with E-state index in [1.54, 1.807) is 12.1 Å². The minimum Gasteiger partial charge on any atom is -0.507 e. The number of H-pyrrole nitrogens is 2. The second kappa shape index (κ2) is 11.9. The summed E-state index contributed by atoms with van der Waals surface area (Å²) >= 11 is 0. The average Bonchev–Trinajstić information content (AvgIpc) is 2.95. The average molecular weight is 502 g/mol. The molecule has 0 amide bonds. The Morgan fingerprint density at radius 1 is 0.658 bits per heavy atom. The zero-order valence-corrected chi connectivity index (χ0v) is 20.1. The third kappa shape index (κ3) is 6.73. The van der Waals surface area contributed by atoms with Gasteiger partial charge in [-0.3, -0.25) is 9.97 Å². The number of hydrazone groups is 1. The lowest BCUT2D eigenvalue weighted by molar-refractivity contribution is 0.474. The first-order chi connectivity index (χ1) is 18.7. The zero-order valence-electron chi connectivity index (χ0n) is 20.1. The van der Waals surface area contributed by atoms with E-state index in [4.69, 9.17) is 0 Å². The molecule has 4 N–H and O–H groups in total. The van der Waals surface area contributed by atoms with Gasteiger partial charge < -0.3 is 5.11 Å². The summed E-state index contributed by atoms with van der Waals surface area (Å²) < 4.78 is 0. The maximum Gasteiger partial charge on any atom is 0.233 e. The van der Waals surface area contributed by atoms with E-state index in [1.807, 2.05) is 91.0 Å². The van der Waals surface area contributed by atoms with Crippen LogP contribution in [0.2, 0.25) is 0 Å². The highest BCUT2D eigenvalue weighted by molar-refractivity contribution is 5.85. The van der Waals surface area contributed by atoms with E-state index in [9.17, 15) is 5.11 Å². The molecule has 0 fully saturated rings.